The summed E-state index contributed by atoms with van der Waals surface area (Å²) < 4.78 is 7.29. The van der Waals surface area contributed by atoms with Crippen LogP contribution >= 0.6 is 11.6 Å². The van der Waals surface area contributed by atoms with E-state index in [1.165, 1.54) is 0 Å². The highest BCUT2D eigenvalue weighted by Gasteiger charge is 2.18. The monoisotopic (exact) mass is 278 g/mol. The molecule has 5 heteroatoms. The molecule has 2 aromatic rings. The lowest BCUT2D eigenvalue weighted by atomic mass is 10.2. The third-order valence-corrected chi connectivity index (χ3v) is 3.75. The predicted molar refractivity (Wildman–Crippen MR) is 74.7 cm³/mol. The molecular formula is C14H15ClN2O2. The van der Waals surface area contributed by atoms with Crippen LogP contribution in [0.4, 0.5) is 0 Å². The predicted octanol–water partition coefficient (Wildman–Crippen LogP) is 2.54. The molecule has 0 unspecified atom stereocenters. The number of aryl methyl sites for hydroxylation is 1. The molecule has 0 N–H and O–H groups in total. The van der Waals surface area contributed by atoms with Crippen molar-refractivity contribution in [3.63, 3.8) is 0 Å². The summed E-state index contributed by atoms with van der Waals surface area (Å²) in [7, 11) is 0. The Morgan fingerprint density at radius 2 is 2.37 bits per heavy atom. The lowest BCUT2D eigenvalue weighted by molar-refractivity contribution is 0.0955. The van der Waals surface area contributed by atoms with Gasteiger partial charge < -0.3 is 4.74 Å². The standard InChI is InChI=1S/C14H15ClN2O2/c1-9-16-13-7-10(15)4-5-12(13)14(18)17(9)8-11-3-2-6-19-11/h4-5,7,11H,2-3,6,8H2,1H3/t11-/m1/s1. The van der Waals surface area contributed by atoms with Gasteiger partial charge in [-0.25, -0.2) is 4.98 Å². The Balaban J connectivity index is 2.09. The van der Waals surface area contributed by atoms with E-state index in [0.717, 1.165) is 19.4 Å². The number of hydrogen-bond donors (Lipinski definition) is 0. The van der Waals surface area contributed by atoms with Crippen LogP contribution in [0.15, 0.2) is 23.0 Å². The highest BCUT2D eigenvalue weighted by atomic mass is 35.5. The zero-order valence-electron chi connectivity index (χ0n) is 10.7. The molecular weight excluding hydrogens is 264 g/mol. The Hall–Kier alpha value is -1.39. The molecule has 0 radical (unpaired) electrons. The number of rotatable bonds is 2. The van der Waals surface area contributed by atoms with Crippen LogP contribution in [0.3, 0.4) is 0 Å². The minimum absolute atomic E-state index is 0.0188. The van der Waals surface area contributed by atoms with Crippen molar-refractivity contribution < 1.29 is 4.74 Å². The molecule has 100 valence electrons. The van der Waals surface area contributed by atoms with Crippen LogP contribution in [0.2, 0.25) is 5.02 Å². The lowest BCUT2D eigenvalue weighted by Crippen LogP contribution is -2.29. The maximum atomic E-state index is 12.5. The van der Waals surface area contributed by atoms with Gasteiger partial charge in [0.25, 0.3) is 5.56 Å². The number of nitrogens with zero attached hydrogens (tertiary/aromatic N) is 2. The molecule has 1 aliphatic rings. The van der Waals surface area contributed by atoms with Gasteiger partial charge >= 0.3 is 0 Å². The topological polar surface area (TPSA) is 44.1 Å². The van der Waals surface area contributed by atoms with Crippen molar-refractivity contribution in [2.45, 2.75) is 32.4 Å². The number of benzene rings is 1. The molecule has 0 amide bonds. The quantitative estimate of drug-likeness (QED) is 0.848. The van der Waals surface area contributed by atoms with Gasteiger partial charge in [-0.05, 0) is 38.0 Å². The van der Waals surface area contributed by atoms with E-state index >= 15 is 0 Å². The van der Waals surface area contributed by atoms with Gasteiger partial charge in [0.2, 0.25) is 0 Å². The number of hydrogen-bond acceptors (Lipinski definition) is 3. The number of aromatic nitrogens is 2. The van der Waals surface area contributed by atoms with Crippen LogP contribution in [0.1, 0.15) is 18.7 Å². The molecule has 1 atom stereocenters. The Kier molecular flexibility index (Phi) is 3.29. The first-order valence-corrected chi connectivity index (χ1v) is 6.81. The largest absolute Gasteiger partial charge is 0.376 e. The molecule has 0 spiro atoms. The van der Waals surface area contributed by atoms with E-state index in [1.54, 1.807) is 22.8 Å². The van der Waals surface area contributed by atoms with Gasteiger partial charge in [0.1, 0.15) is 5.82 Å². The molecule has 0 aliphatic carbocycles. The maximum Gasteiger partial charge on any atom is 0.261 e. The van der Waals surface area contributed by atoms with Crippen molar-refractivity contribution in [1.82, 2.24) is 9.55 Å². The fourth-order valence-electron chi connectivity index (χ4n) is 2.51. The number of ether oxygens (including phenoxy) is 1. The molecule has 1 aliphatic heterocycles. The van der Waals surface area contributed by atoms with Gasteiger partial charge in [-0.3, -0.25) is 9.36 Å². The van der Waals surface area contributed by atoms with Gasteiger partial charge in [-0.1, -0.05) is 11.6 Å². The Bertz CT molecular complexity index is 675. The molecule has 0 bridgehead atoms. The second kappa shape index (κ2) is 4.94. The lowest BCUT2D eigenvalue weighted by Gasteiger charge is -2.14. The van der Waals surface area contributed by atoms with E-state index in [-0.39, 0.29) is 11.7 Å². The molecule has 3 rings (SSSR count). The van der Waals surface area contributed by atoms with E-state index in [9.17, 15) is 4.79 Å². The van der Waals surface area contributed by atoms with Crippen molar-refractivity contribution >= 4 is 22.5 Å². The van der Waals surface area contributed by atoms with Gasteiger partial charge in [0, 0.05) is 11.6 Å². The summed E-state index contributed by atoms with van der Waals surface area (Å²) >= 11 is 5.93. The molecule has 1 saturated heterocycles. The van der Waals surface area contributed by atoms with Crippen molar-refractivity contribution in [3.8, 4) is 0 Å². The van der Waals surface area contributed by atoms with E-state index in [2.05, 4.69) is 4.98 Å². The van der Waals surface area contributed by atoms with Gasteiger partial charge in [0.05, 0.1) is 23.6 Å². The first-order chi connectivity index (χ1) is 9.15. The summed E-state index contributed by atoms with van der Waals surface area (Å²) in [5.74, 6) is 0.704. The SMILES string of the molecule is Cc1nc2cc(Cl)ccc2c(=O)n1C[C@H]1CCCO1. The minimum atomic E-state index is -0.0188. The van der Waals surface area contributed by atoms with Crippen LogP contribution in [0.5, 0.6) is 0 Å². The highest BCUT2D eigenvalue weighted by Crippen LogP contribution is 2.17. The average molecular weight is 279 g/mol. The van der Waals surface area contributed by atoms with Crippen LogP contribution in [-0.2, 0) is 11.3 Å². The average Bonchev–Trinajstić information content (AvgIpc) is 2.87. The van der Waals surface area contributed by atoms with Crippen LogP contribution < -0.4 is 5.56 Å². The van der Waals surface area contributed by atoms with Crippen molar-refractivity contribution in [2.75, 3.05) is 6.61 Å². The second-order valence-electron chi connectivity index (χ2n) is 4.87. The fraction of sp³-hybridized carbons (Fsp3) is 0.429. The van der Waals surface area contributed by atoms with Gasteiger partial charge in [-0.15, -0.1) is 0 Å². The maximum absolute atomic E-state index is 12.5. The van der Waals surface area contributed by atoms with Crippen LogP contribution in [0.25, 0.3) is 10.9 Å². The highest BCUT2D eigenvalue weighted by molar-refractivity contribution is 6.31. The zero-order valence-corrected chi connectivity index (χ0v) is 11.5. The second-order valence-corrected chi connectivity index (χ2v) is 5.31. The van der Waals surface area contributed by atoms with E-state index < -0.39 is 0 Å². The fourth-order valence-corrected chi connectivity index (χ4v) is 2.68. The third kappa shape index (κ3) is 2.38. The van der Waals surface area contributed by atoms with E-state index in [4.69, 9.17) is 16.3 Å². The van der Waals surface area contributed by atoms with Crippen LogP contribution in [-0.4, -0.2) is 22.3 Å². The summed E-state index contributed by atoms with van der Waals surface area (Å²) in [6.07, 6.45) is 2.20. The number of fused-ring (bicyclic) bond motifs is 1. The summed E-state index contributed by atoms with van der Waals surface area (Å²) in [6.45, 7) is 3.21. The smallest absolute Gasteiger partial charge is 0.261 e. The molecule has 1 aromatic heterocycles. The molecule has 4 nitrogen and oxygen atoms in total. The Morgan fingerprint density at radius 3 is 3.11 bits per heavy atom. The first-order valence-electron chi connectivity index (χ1n) is 6.43. The van der Waals surface area contributed by atoms with Crippen molar-refractivity contribution in [3.05, 3.63) is 39.4 Å². The minimum Gasteiger partial charge on any atom is -0.376 e. The summed E-state index contributed by atoms with van der Waals surface area (Å²) in [5.41, 5.74) is 0.633. The van der Waals surface area contributed by atoms with E-state index in [1.807, 2.05) is 6.92 Å². The van der Waals surface area contributed by atoms with Gasteiger partial charge in [0.15, 0.2) is 0 Å². The summed E-state index contributed by atoms with van der Waals surface area (Å²) in [6, 6.07) is 5.18. The molecule has 1 aromatic carbocycles. The molecule has 0 saturated carbocycles. The summed E-state index contributed by atoms with van der Waals surface area (Å²) in [4.78, 5) is 16.9. The van der Waals surface area contributed by atoms with Crippen molar-refractivity contribution in [1.29, 1.82) is 0 Å². The molecule has 19 heavy (non-hydrogen) atoms. The Morgan fingerprint density at radius 1 is 1.53 bits per heavy atom. The summed E-state index contributed by atoms with van der Waals surface area (Å²) in [5, 5.41) is 1.20. The Labute approximate surface area is 116 Å². The van der Waals surface area contributed by atoms with Gasteiger partial charge in [-0.2, -0.15) is 0 Å². The molecule has 2 heterocycles. The van der Waals surface area contributed by atoms with E-state index in [0.29, 0.717) is 28.3 Å². The zero-order chi connectivity index (χ0) is 13.4. The molecule has 1 fully saturated rings. The normalized spacial score (nSPS) is 19.2. The van der Waals surface area contributed by atoms with Crippen molar-refractivity contribution in [2.24, 2.45) is 0 Å². The first kappa shape index (κ1) is 12.6. The number of halogens is 1. The van der Waals surface area contributed by atoms with Crippen LogP contribution in [0, 0.1) is 6.92 Å². The third-order valence-electron chi connectivity index (χ3n) is 3.52.